The lowest BCUT2D eigenvalue weighted by Gasteiger charge is -2.23. The highest BCUT2D eigenvalue weighted by molar-refractivity contribution is 5.32. The molecular formula is C11H16O3. The van der Waals surface area contributed by atoms with E-state index in [0.717, 1.165) is 18.4 Å². The van der Waals surface area contributed by atoms with Crippen molar-refractivity contribution in [3.8, 4) is 0 Å². The third kappa shape index (κ3) is 1.70. The van der Waals surface area contributed by atoms with Gasteiger partial charge in [-0.05, 0) is 36.5 Å². The largest absolute Gasteiger partial charge is 0.509 e. The summed E-state index contributed by atoms with van der Waals surface area (Å²) in [5.74, 6) is 0.348. The van der Waals surface area contributed by atoms with E-state index >= 15 is 0 Å². The van der Waals surface area contributed by atoms with Crippen LogP contribution in [0.1, 0.15) is 25.7 Å². The Labute approximate surface area is 83.4 Å². The number of hydrogen-bond donors (Lipinski definition) is 3. The van der Waals surface area contributed by atoms with Crippen molar-refractivity contribution in [1.29, 1.82) is 0 Å². The predicted octanol–water partition coefficient (Wildman–Crippen LogP) is 1.28. The van der Waals surface area contributed by atoms with Gasteiger partial charge in [0.25, 0.3) is 0 Å². The van der Waals surface area contributed by atoms with Crippen LogP contribution < -0.4 is 0 Å². The summed E-state index contributed by atoms with van der Waals surface area (Å²) in [7, 11) is 0. The first kappa shape index (κ1) is 9.74. The van der Waals surface area contributed by atoms with Crippen molar-refractivity contribution in [2.45, 2.75) is 37.9 Å². The Hall–Kier alpha value is -0.800. The lowest BCUT2D eigenvalue weighted by molar-refractivity contribution is 0.0419. The second kappa shape index (κ2) is 3.75. The first-order valence-corrected chi connectivity index (χ1v) is 5.17. The van der Waals surface area contributed by atoms with Crippen LogP contribution in [-0.2, 0) is 0 Å². The number of hydrogen-bond acceptors (Lipinski definition) is 3. The van der Waals surface area contributed by atoms with E-state index in [9.17, 15) is 15.3 Å². The fourth-order valence-corrected chi connectivity index (χ4v) is 2.28. The summed E-state index contributed by atoms with van der Waals surface area (Å²) >= 11 is 0. The highest BCUT2D eigenvalue weighted by Crippen LogP contribution is 2.34. The molecular weight excluding hydrogens is 180 g/mol. The molecule has 2 aliphatic rings. The number of allylic oxidation sites excluding steroid dienone is 2. The molecule has 3 N–H and O–H groups in total. The molecule has 2 unspecified atom stereocenters. The molecule has 2 aliphatic carbocycles. The quantitative estimate of drug-likeness (QED) is 0.592. The Morgan fingerprint density at radius 3 is 2.36 bits per heavy atom. The fraction of sp³-hybridized carbons (Fsp3) is 0.636. The van der Waals surface area contributed by atoms with Gasteiger partial charge in [0.15, 0.2) is 0 Å². The number of aliphatic hydroxyl groups excluding tert-OH is 3. The Morgan fingerprint density at radius 1 is 1.14 bits per heavy atom. The second-order valence-electron chi connectivity index (χ2n) is 4.15. The SMILES string of the molecule is OC1=CC(C2CCCC2)=CC(O)C1O. The lowest BCUT2D eigenvalue weighted by atomic mass is 9.90. The molecule has 0 aromatic carbocycles. The summed E-state index contributed by atoms with van der Waals surface area (Å²) in [4.78, 5) is 0. The van der Waals surface area contributed by atoms with Gasteiger partial charge in [0, 0.05) is 0 Å². The van der Waals surface area contributed by atoms with Gasteiger partial charge in [-0.1, -0.05) is 12.8 Å². The topological polar surface area (TPSA) is 60.7 Å². The van der Waals surface area contributed by atoms with Gasteiger partial charge in [0.05, 0.1) is 0 Å². The van der Waals surface area contributed by atoms with Crippen LogP contribution in [0.5, 0.6) is 0 Å². The molecule has 2 atom stereocenters. The molecule has 0 spiro atoms. The first-order valence-electron chi connectivity index (χ1n) is 5.17. The Bertz CT molecular complexity index is 274. The van der Waals surface area contributed by atoms with Crippen molar-refractivity contribution in [2.75, 3.05) is 0 Å². The minimum atomic E-state index is -1.14. The minimum Gasteiger partial charge on any atom is -0.509 e. The standard InChI is InChI=1S/C11H16O3/c12-9-5-8(6-10(13)11(9)14)7-3-1-2-4-7/h5-7,9,11-14H,1-4H2. The van der Waals surface area contributed by atoms with Gasteiger partial charge in [0.1, 0.15) is 18.0 Å². The molecule has 3 heteroatoms. The van der Waals surface area contributed by atoms with Crippen LogP contribution in [0.25, 0.3) is 0 Å². The highest BCUT2D eigenvalue weighted by Gasteiger charge is 2.27. The van der Waals surface area contributed by atoms with Gasteiger partial charge in [-0.15, -0.1) is 0 Å². The summed E-state index contributed by atoms with van der Waals surface area (Å²) < 4.78 is 0. The van der Waals surface area contributed by atoms with Gasteiger partial charge < -0.3 is 15.3 Å². The molecule has 0 saturated heterocycles. The second-order valence-corrected chi connectivity index (χ2v) is 4.15. The van der Waals surface area contributed by atoms with Gasteiger partial charge >= 0.3 is 0 Å². The highest BCUT2D eigenvalue weighted by atomic mass is 16.4. The molecule has 1 fully saturated rings. The molecule has 0 heterocycles. The monoisotopic (exact) mass is 196 g/mol. The third-order valence-corrected chi connectivity index (χ3v) is 3.13. The first-order chi connectivity index (χ1) is 6.68. The van der Waals surface area contributed by atoms with Crippen LogP contribution in [0, 0.1) is 5.92 Å². The van der Waals surface area contributed by atoms with Crippen LogP contribution in [0.4, 0.5) is 0 Å². The van der Waals surface area contributed by atoms with E-state index < -0.39 is 12.2 Å². The van der Waals surface area contributed by atoms with Gasteiger partial charge in [-0.25, -0.2) is 0 Å². The molecule has 0 aromatic heterocycles. The predicted molar refractivity (Wildman–Crippen MR) is 52.8 cm³/mol. The van der Waals surface area contributed by atoms with Gasteiger partial charge in [-0.3, -0.25) is 0 Å². The molecule has 0 aliphatic heterocycles. The molecule has 1 saturated carbocycles. The van der Waals surface area contributed by atoms with Gasteiger partial charge in [0.2, 0.25) is 0 Å². The van der Waals surface area contributed by atoms with E-state index in [1.807, 2.05) is 0 Å². The Kier molecular flexibility index (Phi) is 2.61. The van der Waals surface area contributed by atoms with Crippen LogP contribution >= 0.6 is 0 Å². The van der Waals surface area contributed by atoms with E-state index in [1.165, 1.54) is 12.8 Å². The normalized spacial score (nSPS) is 34.1. The smallest absolute Gasteiger partial charge is 0.140 e. The summed E-state index contributed by atoms with van der Waals surface area (Å²) in [5, 5.41) is 28.1. The molecule has 0 radical (unpaired) electrons. The molecule has 14 heavy (non-hydrogen) atoms. The van der Waals surface area contributed by atoms with E-state index in [0.29, 0.717) is 5.92 Å². The summed E-state index contributed by atoms with van der Waals surface area (Å²) in [6.45, 7) is 0. The van der Waals surface area contributed by atoms with Crippen molar-refractivity contribution in [3.05, 3.63) is 23.5 Å². The zero-order chi connectivity index (χ0) is 10.1. The van der Waals surface area contributed by atoms with E-state index in [1.54, 1.807) is 12.2 Å². The zero-order valence-electron chi connectivity index (χ0n) is 8.06. The molecule has 3 nitrogen and oxygen atoms in total. The summed E-state index contributed by atoms with van der Waals surface area (Å²) in [6, 6.07) is 0. The Balaban J connectivity index is 2.16. The van der Waals surface area contributed by atoms with Gasteiger partial charge in [-0.2, -0.15) is 0 Å². The molecule has 0 aromatic rings. The number of rotatable bonds is 1. The summed E-state index contributed by atoms with van der Waals surface area (Å²) in [5.41, 5.74) is 0.984. The maximum absolute atomic E-state index is 9.45. The van der Waals surface area contributed by atoms with Crippen LogP contribution in [-0.4, -0.2) is 27.5 Å². The van der Waals surface area contributed by atoms with Crippen molar-refractivity contribution in [1.82, 2.24) is 0 Å². The zero-order valence-corrected chi connectivity index (χ0v) is 8.06. The van der Waals surface area contributed by atoms with Crippen LogP contribution in [0.15, 0.2) is 23.5 Å². The van der Waals surface area contributed by atoms with E-state index in [-0.39, 0.29) is 5.76 Å². The van der Waals surface area contributed by atoms with Crippen LogP contribution in [0.3, 0.4) is 0 Å². The molecule has 0 amide bonds. The number of aliphatic hydroxyl groups is 3. The maximum Gasteiger partial charge on any atom is 0.140 e. The van der Waals surface area contributed by atoms with Crippen molar-refractivity contribution in [2.24, 2.45) is 5.92 Å². The minimum absolute atomic E-state index is 0.109. The average Bonchev–Trinajstić information content (AvgIpc) is 2.66. The molecule has 78 valence electrons. The van der Waals surface area contributed by atoms with Crippen molar-refractivity contribution < 1.29 is 15.3 Å². The van der Waals surface area contributed by atoms with Crippen LogP contribution in [0.2, 0.25) is 0 Å². The molecule has 0 bridgehead atoms. The fourth-order valence-electron chi connectivity index (χ4n) is 2.28. The summed E-state index contributed by atoms with van der Waals surface area (Å²) in [6.07, 6.45) is 5.87. The Morgan fingerprint density at radius 2 is 1.79 bits per heavy atom. The van der Waals surface area contributed by atoms with Crippen molar-refractivity contribution >= 4 is 0 Å². The molecule has 2 rings (SSSR count). The van der Waals surface area contributed by atoms with E-state index in [2.05, 4.69) is 0 Å². The third-order valence-electron chi connectivity index (χ3n) is 3.13. The van der Waals surface area contributed by atoms with Crippen molar-refractivity contribution in [3.63, 3.8) is 0 Å². The average molecular weight is 196 g/mol. The van der Waals surface area contributed by atoms with E-state index in [4.69, 9.17) is 0 Å². The maximum atomic E-state index is 9.45. The lowest BCUT2D eigenvalue weighted by Crippen LogP contribution is -2.29.